The highest BCUT2D eigenvalue weighted by molar-refractivity contribution is 5.95. The summed E-state index contributed by atoms with van der Waals surface area (Å²) >= 11 is 0. The van der Waals surface area contributed by atoms with E-state index in [0.29, 0.717) is 18.5 Å². The van der Waals surface area contributed by atoms with E-state index in [9.17, 15) is 9.59 Å². The van der Waals surface area contributed by atoms with Crippen molar-refractivity contribution in [3.8, 4) is 0 Å². The summed E-state index contributed by atoms with van der Waals surface area (Å²) in [6.07, 6.45) is 0.207. The Morgan fingerprint density at radius 3 is 2.50 bits per heavy atom. The Kier molecular flexibility index (Phi) is 6.69. The molecule has 0 aliphatic rings. The zero-order valence-corrected chi connectivity index (χ0v) is 11.8. The quantitative estimate of drug-likeness (QED) is 0.647. The van der Waals surface area contributed by atoms with Gasteiger partial charge in [0, 0.05) is 12.1 Å². The van der Waals surface area contributed by atoms with Gasteiger partial charge in [-0.1, -0.05) is 18.2 Å². The van der Waals surface area contributed by atoms with Crippen molar-refractivity contribution in [3.05, 3.63) is 35.9 Å². The van der Waals surface area contributed by atoms with E-state index in [2.05, 4.69) is 10.9 Å². The van der Waals surface area contributed by atoms with Gasteiger partial charge in [-0.2, -0.15) is 0 Å². The molecule has 0 bridgehead atoms. The van der Waals surface area contributed by atoms with E-state index in [1.165, 1.54) is 0 Å². The normalized spacial score (nSPS) is 12.0. The first-order chi connectivity index (χ1) is 9.49. The van der Waals surface area contributed by atoms with Gasteiger partial charge in [0.2, 0.25) is 0 Å². The van der Waals surface area contributed by atoms with Crippen LogP contribution in [0.2, 0.25) is 0 Å². The number of amides is 2. The van der Waals surface area contributed by atoms with Crippen LogP contribution in [0, 0.1) is 0 Å². The van der Waals surface area contributed by atoms with Gasteiger partial charge in [-0.3, -0.25) is 25.3 Å². The molecule has 6 nitrogen and oxygen atoms in total. The van der Waals surface area contributed by atoms with Gasteiger partial charge >= 0.3 is 0 Å². The molecule has 1 aromatic carbocycles. The Bertz CT molecular complexity index is 435. The third kappa shape index (κ3) is 6.31. The van der Waals surface area contributed by atoms with Crippen LogP contribution < -0.4 is 10.9 Å². The van der Waals surface area contributed by atoms with Crippen molar-refractivity contribution in [1.29, 1.82) is 0 Å². The van der Waals surface area contributed by atoms with Crippen LogP contribution in [-0.2, 0) is 4.79 Å². The molecule has 0 heterocycles. The molecule has 6 heteroatoms. The van der Waals surface area contributed by atoms with Gasteiger partial charge in [0.05, 0.1) is 12.6 Å². The summed E-state index contributed by atoms with van der Waals surface area (Å²) in [4.78, 5) is 25.1. The lowest BCUT2D eigenvalue weighted by Crippen LogP contribution is -2.46. The van der Waals surface area contributed by atoms with Crippen molar-refractivity contribution < 1.29 is 14.7 Å². The summed E-state index contributed by atoms with van der Waals surface area (Å²) < 4.78 is 0. The van der Waals surface area contributed by atoms with Crippen molar-refractivity contribution in [2.24, 2.45) is 0 Å². The zero-order chi connectivity index (χ0) is 15.0. The van der Waals surface area contributed by atoms with E-state index in [4.69, 9.17) is 5.11 Å². The largest absolute Gasteiger partial charge is 0.393 e. The fourth-order valence-electron chi connectivity index (χ4n) is 1.56. The van der Waals surface area contributed by atoms with Gasteiger partial charge in [0.25, 0.3) is 11.8 Å². The summed E-state index contributed by atoms with van der Waals surface area (Å²) in [5, 5.41) is 9.15. The molecule has 0 radical (unpaired) electrons. The molecular formula is C14H21N3O3. The molecule has 3 N–H and O–H groups in total. The second kappa shape index (κ2) is 8.29. The molecule has 1 atom stereocenters. The van der Waals surface area contributed by atoms with Gasteiger partial charge in [-0.25, -0.2) is 0 Å². The van der Waals surface area contributed by atoms with Crippen LogP contribution >= 0.6 is 0 Å². The van der Waals surface area contributed by atoms with E-state index in [1.807, 2.05) is 6.07 Å². The second-order valence-corrected chi connectivity index (χ2v) is 4.74. The molecule has 1 rings (SSSR count). The number of aliphatic hydroxyl groups excluding tert-OH is 1. The molecule has 0 spiro atoms. The van der Waals surface area contributed by atoms with Crippen molar-refractivity contribution in [2.75, 3.05) is 20.1 Å². The predicted molar refractivity (Wildman–Crippen MR) is 75.8 cm³/mol. The van der Waals surface area contributed by atoms with Gasteiger partial charge < -0.3 is 5.11 Å². The Hall–Kier alpha value is -1.92. The van der Waals surface area contributed by atoms with Gasteiger partial charge in [-0.05, 0) is 32.5 Å². The fraction of sp³-hybridized carbons (Fsp3) is 0.429. The maximum Gasteiger partial charge on any atom is 0.269 e. The highest BCUT2D eigenvalue weighted by atomic mass is 16.3. The lowest BCUT2D eigenvalue weighted by Gasteiger charge is -2.17. The number of rotatable bonds is 6. The first-order valence-electron chi connectivity index (χ1n) is 6.50. The Balaban J connectivity index is 2.28. The molecule has 0 saturated heterocycles. The van der Waals surface area contributed by atoms with Crippen molar-refractivity contribution in [1.82, 2.24) is 15.8 Å². The van der Waals surface area contributed by atoms with Crippen LogP contribution in [0.15, 0.2) is 30.3 Å². The van der Waals surface area contributed by atoms with Crippen LogP contribution in [0.3, 0.4) is 0 Å². The summed E-state index contributed by atoms with van der Waals surface area (Å²) in [5.74, 6) is -0.659. The summed E-state index contributed by atoms with van der Waals surface area (Å²) in [5.41, 5.74) is 5.19. The van der Waals surface area contributed by atoms with Crippen molar-refractivity contribution >= 4 is 11.8 Å². The molecule has 0 fully saturated rings. The standard InChI is InChI=1S/C14H21N3O3/c1-11(18)8-9-17(2)10-13(19)15-16-14(20)12-6-4-3-5-7-12/h3-7,11,18H,8-10H2,1-2H3,(H,15,19)(H,16,20). The number of hydrazine groups is 1. The van der Waals surface area contributed by atoms with Crippen LogP contribution in [-0.4, -0.2) is 48.1 Å². The molecule has 20 heavy (non-hydrogen) atoms. The fourth-order valence-corrected chi connectivity index (χ4v) is 1.56. The number of benzene rings is 1. The van der Waals surface area contributed by atoms with E-state index >= 15 is 0 Å². The third-order valence-corrected chi connectivity index (χ3v) is 2.69. The van der Waals surface area contributed by atoms with Crippen LogP contribution in [0.25, 0.3) is 0 Å². The van der Waals surface area contributed by atoms with Crippen molar-refractivity contribution in [2.45, 2.75) is 19.4 Å². The molecule has 0 aliphatic heterocycles. The predicted octanol–water partition coefficient (Wildman–Crippen LogP) is 0.150. The smallest absolute Gasteiger partial charge is 0.269 e. The third-order valence-electron chi connectivity index (χ3n) is 2.69. The summed E-state index contributed by atoms with van der Waals surface area (Å²) in [7, 11) is 1.78. The number of nitrogens with zero attached hydrogens (tertiary/aromatic N) is 1. The summed E-state index contributed by atoms with van der Waals surface area (Å²) in [6, 6.07) is 8.64. The molecule has 0 aromatic heterocycles. The molecule has 0 aliphatic carbocycles. The van der Waals surface area contributed by atoms with E-state index in [-0.39, 0.29) is 18.4 Å². The monoisotopic (exact) mass is 279 g/mol. The highest BCUT2D eigenvalue weighted by Gasteiger charge is 2.09. The van der Waals surface area contributed by atoms with E-state index < -0.39 is 6.10 Å². The number of hydrogen-bond donors (Lipinski definition) is 3. The number of nitrogens with one attached hydrogen (secondary N) is 2. The van der Waals surface area contributed by atoms with E-state index in [0.717, 1.165) is 0 Å². The maximum atomic E-state index is 11.7. The lowest BCUT2D eigenvalue weighted by atomic mass is 10.2. The molecule has 110 valence electrons. The number of hydrogen-bond acceptors (Lipinski definition) is 4. The van der Waals surface area contributed by atoms with Crippen LogP contribution in [0.4, 0.5) is 0 Å². The van der Waals surface area contributed by atoms with E-state index in [1.54, 1.807) is 43.1 Å². The van der Waals surface area contributed by atoms with Crippen LogP contribution in [0.1, 0.15) is 23.7 Å². The number of carbonyl (C=O) groups excluding carboxylic acids is 2. The molecule has 0 saturated carbocycles. The minimum atomic E-state index is -0.390. The average Bonchev–Trinajstić information content (AvgIpc) is 2.43. The summed E-state index contributed by atoms with van der Waals surface area (Å²) in [6.45, 7) is 2.47. The Morgan fingerprint density at radius 2 is 1.90 bits per heavy atom. The minimum absolute atomic E-state index is 0.155. The SMILES string of the molecule is CC(O)CCN(C)CC(=O)NNC(=O)c1ccccc1. The Labute approximate surface area is 118 Å². The highest BCUT2D eigenvalue weighted by Crippen LogP contribution is 1.97. The molecular weight excluding hydrogens is 258 g/mol. The van der Waals surface area contributed by atoms with Gasteiger partial charge in [0.1, 0.15) is 0 Å². The number of likely N-dealkylation sites (N-methyl/N-ethyl adjacent to an activating group) is 1. The molecule has 1 unspecified atom stereocenters. The second-order valence-electron chi connectivity index (χ2n) is 4.74. The average molecular weight is 279 g/mol. The first-order valence-corrected chi connectivity index (χ1v) is 6.50. The minimum Gasteiger partial charge on any atom is -0.393 e. The molecule has 2 amide bonds. The van der Waals surface area contributed by atoms with Crippen molar-refractivity contribution in [3.63, 3.8) is 0 Å². The van der Waals surface area contributed by atoms with Gasteiger partial charge in [-0.15, -0.1) is 0 Å². The maximum absolute atomic E-state index is 11.7. The lowest BCUT2D eigenvalue weighted by molar-refractivity contribution is -0.122. The number of aliphatic hydroxyl groups is 1. The van der Waals surface area contributed by atoms with Crippen LogP contribution in [0.5, 0.6) is 0 Å². The first kappa shape index (κ1) is 16.1. The molecule has 1 aromatic rings. The topological polar surface area (TPSA) is 81.7 Å². The zero-order valence-electron chi connectivity index (χ0n) is 11.8. The Morgan fingerprint density at radius 1 is 1.25 bits per heavy atom. The van der Waals surface area contributed by atoms with Gasteiger partial charge in [0.15, 0.2) is 0 Å². The number of carbonyl (C=O) groups is 2.